The summed E-state index contributed by atoms with van der Waals surface area (Å²) < 4.78 is 12.3. The molecule has 26 heavy (non-hydrogen) atoms. The molecule has 0 radical (unpaired) electrons. The molecule has 0 spiro atoms. The summed E-state index contributed by atoms with van der Waals surface area (Å²) in [4.78, 5) is 13.7. The van der Waals surface area contributed by atoms with E-state index in [1.807, 2.05) is 12.1 Å². The highest BCUT2D eigenvalue weighted by atomic mass is 16.5. The number of fused-ring (bicyclic) bond motifs is 1. The van der Waals surface area contributed by atoms with Gasteiger partial charge in [-0.1, -0.05) is 0 Å². The normalized spacial score (nSPS) is 17.1. The Morgan fingerprint density at radius 1 is 1.27 bits per heavy atom. The number of hydrogen-bond donors (Lipinski definition) is 1. The summed E-state index contributed by atoms with van der Waals surface area (Å²) >= 11 is 0. The zero-order valence-electron chi connectivity index (χ0n) is 15.0. The van der Waals surface area contributed by atoms with Crippen molar-refractivity contribution in [1.29, 1.82) is 0 Å². The highest BCUT2D eigenvalue weighted by Crippen LogP contribution is 2.22. The van der Waals surface area contributed by atoms with Crippen LogP contribution in [0.4, 0.5) is 11.8 Å². The number of hydrogen-bond acceptors (Lipinski definition) is 8. The summed E-state index contributed by atoms with van der Waals surface area (Å²) in [7, 11) is 1.75. The maximum Gasteiger partial charge on any atom is 0.225 e. The molecule has 3 aromatic rings. The van der Waals surface area contributed by atoms with E-state index in [1.54, 1.807) is 19.4 Å². The number of anilines is 2. The predicted octanol–water partition coefficient (Wildman–Crippen LogP) is 1.12. The van der Waals surface area contributed by atoms with E-state index in [0.29, 0.717) is 23.2 Å². The van der Waals surface area contributed by atoms with Crippen LogP contribution in [0.3, 0.4) is 0 Å². The molecule has 1 aliphatic heterocycles. The third-order valence-electron chi connectivity index (χ3n) is 4.69. The van der Waals surface area contributed by atoms with Gasteiger partial charge in [-0.2, -0.15) is 9.50 Å². The SMILES string of the molecule is COC(C)CN1CCN(c2cc3nc(-c4ccco4)nn3c(N)n2)CC1. The topological polar surface area (TPSA) is 98.0 Å². The Hall–Kier alpha value is -2.65. The first-order valence-electron chi connectivity index (χ1n) is 8.71. The Balaban J connectivity index is 1.52. The van der Waals surface area contributed by atoms with Crippen LogP contribution >= 0.6 is 0 Å². The second-order valence-electron chi connectivity index (χ2n) is 6.49. The molecule has 1 fully saturated rings. The number of rotatable bonds is 5. The molecule has 4 heterocycles. The van der Waals surface area contributed by atoms with Crippen molar-refractivity contribution in [3.63, 3.8) is 0 Å². The zero-order valence-corrected chi connectivity index (χ0v) is 15.0. The number of ether oxygens (including phenoxy) is 1. The third kappa shape index (κ3) is 3.23. The molecule has 0 amide bonds. The molecule has 1 unspecified atom stereocenters. The van der Waals surface area contributed by atoms with Gasteiger partial charge >= 0.3 is 0 Å². The first-order valence-corrected chi connectivity index (χ1v) is 8.71. The maximum atomic E-state index is 6.11. The molecule has 0 aliphatic carbocycles. The van der Waals surface area contributed by atoms with Crippen LogP contribution in [0.25, 0.3) is 17.2 Å². The van der Waals surface area contributed by atoms with Crippen LogP contribution in [-0.4, -0.2) is 70.4 Å². The highest BCUT2D eigenvalue weighted by Gasteiger charge is 2.21. The fraction of sp³-hybridized carbons (Fsp3) is 0.471. The number of furan rings is 1. The van der Waals surface area contributed by atoms with E-state index in [0.717, 1.165) is 38.5 Å². The minimum absolute atomic E-state index is 0.239. The molecule has 4 rings (SSSR count). The van der Waals surface area contributed by atoms with Gasteiger partial charge in [0.15, 0.2) is 11.4 Å². The van der Waals surface area contributed by atoms with Crippen LogP contribution in [0, 0.1) is 0 Å². The summed E-state index contributed by atoms with van der Waals surface area (Å²) in [6.07, 6.45) is 1.83. The first-order chi connectivity index (χ1) is 12.6. The molecule has 1 atom stereocenters. The Kier molecular flexibility index (Phi) is 4.48. The number of aromatic nitrogens is 4. The van der Waals surface area contributed by atoms with Gasteiger partial charge in [0, 0.05) is 45.9 Å². The molecule has 138 valence electrons. The summed E-state index contributed by atoms with van der Waals surface area (Å²) in [5.74, 6) is 2.25. The fourth-order valence-electron chi connectivity index (χ4n) is 3.17. The number of nitrogens with two attached hydrogens (primary N) is 1. The van der Waals surface area contributed by atoms with Gasteiger partial charge in [-0.15, -0.1) is 5.10 Å². The lowest BCUT2D eigenvalue weighted by Crippen LogP contribution is -2.48. The second kappa shape index (κ2) is 6.93. The van der Waals surface area contributed by atoms with E-state index < -0.39 is 0 Å². The van der Waals surface area contributed by atoms with Crippen LogP contribution in [0.5, 0.6) is 0 Å². The second-order valence-corrected chi connectivity index (χ2v) is 6.49. The van der Waals surface area contributed by atoms with E-state index in [9.17, 15) is 0 Å². The Morgan fingerprint density at radius 3 is 2.77 bits per heavy atom. The molecule has 9 heteroatoms. The molecule has 9 nitrogen and oxygen atoms in total. The average Bonchev–Trinajstić information content (AvgIpc) is 3.31. The number of nitrogens with zero attached hydrogens (tertiary/aromatic N) is 6. The van der Waals surface area contributed by atoms with Gasteiger partial charge in [-0.05, 0) is 19.1 Å². The van der Waals surface area contributed by atoms with Crippen molar-refractivity contribution in [1.82, 2.24) is 24.5 Å². The van der Waals surface area contributed by atoms with Crippen molar-refractivity contribution in [3.8, 4) is 11.6 Å². The monoisotopic (exact) mass is 357 g/mol. The lowest BCUT2D eigenvalue weighted by Gasteiger charge is -2.36. The molecule has 1 aliphatic rings. The van der Waals surface area contributed by atoms with Gasteiger partial charge in [0.05, 0.1) is 12.4 Å². The molecule has 1 saturated heterocycles. The van der Waals surface area contributed by atoms with E-state index in [2.05, 4.69) is 31.8 Å². The van der Waals surface area contributed by atoms with Crippen molar-refractivity contribution < 1.29 is 9.15 Å². The van der Waals surface area contributed by atoms with Gasteiger partial charge in [-0.3, -0.25) is 4.90 Å². The quantitative estimate of drug-likeness (QED) is 0.725. The van der Waals surface area contributed by atoms with Crippen molar-refractivity contribution in [2.45, 2.75) is 13.0 Å². The zero-order chi connectivity index (χ0) is 18.1. The van der Waals surface area contributed by atoms with Gasteiger partial charge < -0.3 is 19.8 Å². The van der Waals surface area contributed by atoms with Gasteiger partial charge in [0.1, 0.15) is 5.82 Å². The number of nitrogen functional groups attached to an aromatic ring is 1. The third-order valence-corrected chi connectivity index (χ3v) is 4.69. The Labute approximate surface area is 151 Å². The van der Waals surface area contributed by atoms with E-state index in [4.69, 9.17) is 14.9 Å². The van der Waals surface area contributed by atoms with E-state index >= 15 is 0 Å². The molecule has 0 saturated carbocycles. The van der Waals surface area contributed by atoms with Gasteiger partial charge in [0.2, 0.25) is 11.8 Å². The van der Waals surface area contributed by atoms with Crippen molar-refractivity contribution >= 4 is 17.4 Å². The Bertz CT molecular complexity index is 869. The first kappa shape index (κ1) is 16.8. The van der Waals surface area contributed by atoms with Gasteiger partial charge in [-0.25, -0.2) is 4.98 Å². The van der Waals surface area contributed by atoms with Crippen molar-refractivity contribution in [3.05, 3.63) is 24.5 Å². The molecule has 2 N–H and O–H groups in total. The van der Waals surface area contributed by atoms with Gasteiger partial charge in [0.25, 0.3) is 0 Å². The van der Waals surface area contributed by atoms with Crippen LogP contribution in [-0.2, 0) is 4.74 Å². The molecular formula is C17H23N7O2. The van der Waals surface area contributed by atoms with Crippen LogP contribution in [0.2, 0.25) is 0 Å². The minimum Gasteiger partial charge on any atom is -0.461 e. The lowest BCUT2D eigenvalue weighted by molar-refractivity contribution is 0.0749. The van der Waals surface area contributed by atoms with Crippen LogP contribution < -0.4 is 10.6 Å². The fourth-order valence-corrected chi connectivity index (χ4v) is 3.17. The van der Waals surface area contributed by atoms with Crippen LogP contribution in [0.1, 0.15) is 6.92 Å². The summed E-state index contributed by atoms with van der Waals surface area (Å²) in [5.41, 5.74) is 6.77. The number of piperazine rings is 1. The minimum atomic E-state index is 0.239. The van der Waals surface area contributed by atoms with Crippen molar-refractivity contribution in [2.24, 2.45) is 0 Å². The van der Waals surface area contributed by atoms with Crippen molar-refractivity contribution in [2.75, 3.05) is 50.5 Å². The molecular weight excluding hydrogens is 334 g/mol. The maximum absolute atomic E-state index is 6.11. The van der Waals surface area contributed by atoms with Crippen LogP contribution in [0.15, 0.2) is 28.9 Å². The number of methoxy groups -OCH3 is 1. The standard InChI is InChI=1S/C17H23N7O2/c1-12(25-2)11-22-5-7-23(8-6-22)14-10-15-19-16(13-4-3-9-26-13)21-24(15)17(18)20-14/h3-4,9-10,12H,5-8,11H2,1-2H3,(H2,18,20). The summed E-state index contributed by atoms with van der Waals surface area (Å²) in [5, 5.41) is 4.38. The smallest absolute Gasteiger partial charge is 0.225 e. The molecule has 0 aromatic carbocycles. The lowest BCUT2D eigenvalue weighted by atomic mass is 10.2. The van der Waals surface area contributed by atoms with E-state index in [1.165, 1.54) is 4.52 Å². The molecule has 3 aromatic heterocycles. The molecule has 0 bridgehead atoms. The van der Waals surface area contributed by atoms with E-state index in [-0.39, 0.29) is 6.10 Å². The average molecular weight is 357 g/mol. The Morgan fingerprint density at radius 2 is 2.08 bits per heavy atom. The largest absolute Gasteiger partial charge is 0.461 e. The predicted molar refractivity (Wildman–Crippen MR) is 98.0 cm³/mol. The summed E-state index contributed by atoms with van der Waals surface area (Å²) in [6, 6.07) is 5.54. The highest BCUT2D eigenvalue weighted by molar-refractivity contribution is 5.59. The summed E-state index contributed by atoms with van der Waals surface area (Å²) in [6.45, 7) is 6.73.